The third-order valence-corrected chi connectivity index (χ3v) is 2.70. The molecule has 20 heavy (non-hydrogen) atoms. The Labute approximate surface area is 117 Å². The summed E-state index contributed by atoms with van der Waals surface area (Å²) in [6.07, 6.45) is 4.63. The Morgan fingerprint density at radius 3 is 2.90 bits per heavy atom. The molecule has 1 aromatic carbocycles. The Morgan fingerprint density at radius 2 is 2.25 bits per heavy atom. The first-order valence-corrected chi connectivity index (χ1v) is 6.22. The van der Waals surface area contributed by atoms with E-state index in [1.807, 2.05) is 30.3 Å². The van der Waals surface area contributed by atoms with Gasteiger partial charge in [-0.1, -0.05) is 30.3 Å². The molecule has 0 amide bonds. The van der Waals surface area contributed by atoms with Gasteiger partial charge in [0.05, 0.1) is 6.61 Å². The number of carbonyl (C=O) groups is 1. The van der Waals surface area contributed by atoms with Crippen LogP contribution in [-0.2, 0) is 30.3 Å². The van der Waals surface area contributed by atoms with E-state index in [9.17, 15) is 4.79 Å². The third kappa shape index (κ3) is 3.81. The zero-order valence-corrected chi connectivity index (χ0v) is 11.2. The average molecular weight is 276 g/mol. The van der Waals surface area contributed by atoms with E-state index in [1.165, 1.54) is 6.92 Å². The minimum absolute atomic E-state index is 0.0656. The molecular weight excluding hydrogens is 260 g/mol. The number of ether oxygens (including phenoxy) is 4. The molecular formula is C15H16O5. The minimum Gasteiger partial charge on any atom is -0.433 e. The number of terminal acetylenes is 1. The number of hydrogen-bond acceptors (Lipinski definition) is 5. The second-order valence-corrected chi connectivity index (χ2v) is 4.34. The topological polar surface area (TPSA) is 54.0 Å². The van der Waals surface area contributed by atoms with Gasteiger partial charge in [-0.05, 0) is 11.5 Å². The van der Waals surface area contributed by atoms with Gasteiger partial charge in [0.15, 0.2) is 0 Å². The highest BCUT2D eigenvalue weighted by molar-refractivity contribution is 5.66. The molecule has 1 fully saturated rings. The Hall–Kier alpha value is -1.87. The molecule has 2 rings (SSSR count). The summed E-state index contributed by atoms with van der Waals surface area (Å²) in [5.74, 6) is 0.662. The average Bonchev–Trinajstić information content (AvgIpc) is 2.83. The van der Waals surface area contributed by atoms with Crippen LogP contribution in [0.1, 0.15) is 12.5 Å². The first kappa shape index (κ1) is 14.5. The molecule has 0 saturated carbocycles. The van der Waals surface area contributed by atoms with Crippen molar-refractivity contribution in [3.05, 3.63) is 35.9 Å². The standard InChI is InChI=1S/C15H16O5/c1-3-15(18-10-14(20-15)19-12(2)16)11-17-9-13-7-5-4-6-8-13/h1,4-8,14H,9-11H2,2H3/t14-,15+/m1/s1. The van der Waals surface area contributed by atoms with Gasteiger partial charge >= 0.3 is 5.97 Å². The number of esters is 1. The van der Waals surface area contributed by atoms with Gasteiger partial charge in [-0.15, -0.1) is 6.42 Å². The molecule has 2 atom stereocenters. The van der Waals surface area contributed by atoms with Crippen molar-refractivity contribution in [3.63, 3.8) is 0 Å². The summed E-state index contributed by atoms with van der Waals surface area (Å²) < 4.78 is 21.2. The van der Waals surface area contributed by atoms with Gasteiger partial charge in [0.2, 0.25) is 6.29 Å². The fraction of sp³-hybridized carbons (Fsp3) is 0.400. The lowest BCUT2D eigenvalue weighted by Gasteiger charge is -2.21. The van der Waals surface area contributed by atoms with E-state index in [4.69, 9.17) is 25.4 Å². The lowest BCUT2D eigenvalue weighted by atomic mass is 10.2. The summed E-state index contributed by atoms with van der Waals surface area (Å²) in [7, 11) is 0. The SMILES string of the molecule is C#C[C@]1(COCc2ccccc2)OC[C@H](OC(C)=O)O1. The summed E-state index contributed by atoms with van der Waals surface area (Å²) in [5.41, 5.74) is 1.02. The molecule has 1 aliphatic rings. The van der Waals surface area contributed by atoms with Crippen LogP contribution in [0.15, 0.2) is 30.3 Å². The molecule has 0 N–H and O–H groups in total. The molecule has 1 heterocycles. The van der Waals surface area contributed by atoms with Crippen LogP contribution >= 0.6 is 0 Å². The van der Waals surface area contributed by atoms with Gasteiger partial charge in [-0.2, -0.15) is 0 Å². The van der Waals surface area contributed by atoms with Gasteiger partial charge in [-0.25, -0.2) is 0 Å². The monoisotopic (exact) mass is 276 g/mol. The van der Waals surface area contributed by atoms with Crippen molar-refractivity contribution in [1.29, 1.82) is 0 Å². The van der Waals surface area contributed by atoms with Crippen LogP contribution < -0.4 is 0 Å². The molecule has 0 spiro atoms. The highest BCUT2D eigenvalue weighted by Crippen LogP contribution is 2.24. The Balaban J connectivity index is 1.84. The van der Waals surface area contributed by atoms with Crippen LogP contribution in [-0.4, -0.2) is 31.3 Å². The molecule has 0 aliphatic carbocycles. The summed E-state index contributed by atoms with van der Waals surface area (Å²) in [6.45, 7) is 1.86. The molecule has 0 aromatic heterocycles. The molecule has 0 radical (unpaired) electrons. The van der Waals surface area contributed by atoms with Crippen molar-refractivity contribution in [1.82, 2.24) is 0 Å². The van der Waals surface area contributed by atoms with Crippen LogP contribution in [0.3, 0.4) is 0 Å². The molecule has 0 unspecified atom stereocenters. The zero-order valence-electron chi connectivity index (χ0n) is 11.2. The normalized spacial score (nSPS) is 25.1. The maximum atomic E-state index is 10.9. The summed E-state index contributed by atoms with van der Waals surface area (Å²) in [5, 5.41) is 0. The van der Waals surface area contributed by atoms with Gasteiger partial charge in [0.1, 0.15) is 13.2 Å². The van der Waals surface area contributed by atoms with E-state index < -0.39 is 18.0 Å². The van der Waals surface area contributed by atoms with Crippen LogP contribution in [0.5, 0.6) is 0 Å². The predicted octanol–water partition coefficient (Wildman–Crippen LogP) is 1.47. The lowest BCUT2D eigenvalue weighted by molar-refractivity contribution is -0.204. The van der Waals surface area contributed by atoms with Crippen molar-refractivity contribution in [2.45, 2.75) is 25.6 Å². The van der Waals surface area contributed by atoms with Crippen molar-refractivity contribution in [2.24, 2.45) is 0 Å². The lowest BCUT2D eigenvalue weighted by Crippen LogP contribution is -2.35. The zero-order chi connectivity index (χ0) is 14.4. The number of benzene rings is 1. The van der Waals surface area contributed by atoms with Gasteiger partial charge in [-0.3, -0.25) is 9.53 Å². The van der Waals surface area contributed by atoms with E-state index in [0.717, 1.165) is 5.56 Å². The Bertz CT molecular complexity index is 493. The molecule has 5 nitrogen and oxygen atoms in total. The Morgan fingerprint density at radius 1 is 1.50 bits per heavy atom. The smallest absolute Gasteiger partial charge is 0.305 e. The first-order chi connectivity index (χ1) is 9.63. The number of hydrogen-bond donors (Lipinski definition) is 0. The largest absolute Gasteiger partial charge is 0.433 e. The van der Waals surface area contributed by atoms with Crippen LogP contribution in [0.25, 0.3) is 0 Å². The van der Waals surface area contributed by atoms with E-state index >= 15 is 0 Å². The number of carbonyl (C=O) groups excluding carboxylic acids is 1. The van der Waals surface area contributed by atoms with Gasteiger partial charge in [0.25, 0.3) is 5.79 Å². The van der Waals surface area contributed by atoms with E-state index in [1.54, 1.807) is 0 Å². The van der Waals surface area contributed by atoms with Crippen molar-refractivity contribution >= 4 is 5.97 Å². The molecule has 5 heteroatoms. The van der Waals surface area contributed by atoms with Crippen LogP contribution in [0, 0.1) is 12.3 Å². The van der Waals surface area contributed by atoms with Gasteiger partial charge < -0.3 is 14.2 Å². The van der Waals surface area contributed by atoms with Crippen molar-refractivity contribution in [2.75, 3.05) is 13.2 Å². The summed E-state index contributed by atoms with van der Waals surface area (Å²) in [4.78, 5) is 10.9. The summed E-state index contributed by atoms with van der Waals surface area (Å²) in [6, 6.07) is 9.67. The van der Waals surface area contributed by atoms with Crippen molar-refractivity contribution in [3.8, 4) is 12.3 Å². The molecule has 0 bridgehead atoms. The minimum atomic E-state index is -1.30. The highest BCUT2D eigenvalue weighted by atomic mass is 16.8. The van der Waals surface area contributed by atoms with Crippen molar-refractivity contribution < 1.29 is 23.7 Å². The maximum Gasteiger partial charge on any atom is 0.305 e. The predicted molar refractivity (Wildman–Crippen MR) is 70.3 cm³/mol. The van der Waals surface area contributed by atoms with E-state index in [2.05, 4.69) is 5.92 Å². The van der Waals surface area contributed by atoms with Gasteiger partial charge in [0, 0.05) is 6.92 Å². The third-order valence-electron chi connectivity index (χ3n) is 2.70. The molecule has 1 aliphatic heterocycles. The highest BCUT2D eigenvalue weighted by Gasteiger charge is 2.42. The van der Waals surface area contributed by atoms with E-state index in [0.29, 0.717) is 6.61 Å². The fourth-order valence-electron chi connectivity index (χ4n) is 1.80. The summed E-state index contributed by atoms with van der Waals surface area (Å²) >= 11 is 0. The molecule has 1 aromatic rings. The second kappa shape index (κ2) is 6.53. The molecule has 106 valence electrons. The second-order valence-electron chi connectivity index (χ2n) is 4.34. The van der Waals surface area contributed by atoms with Crippen LogP contribution in [0.4, 0.5) is 0 Å². The quantitative estimate of drug-likeness (QED) is 0.602. The molecule has 1 saturated heterocycles. The first-order valence-electron chi connectivity index (χ1n) is 6.22. The maximum absolute atomic E-state index is 10.9. The van der Waals surface area contributed by atoms with E-state index in [-0.39, 0.29) is 13.2 Å². The van der Waals surface area contributed by atoms with Crippen LogP contribution in [0.2, 0.25) is 0 Å². The Kier molecular flexibility index (Phi) is 4.74. The fourth-order valence-corrected chi connectivity index (χ4v) is 1.80. The number of rotatable bonds is 5.